The lowest BCUT2D eigenvalue weighted by Crippen LogP contribution is -2.31. The van der Waals surface area contributed by atoms with Crippen LogP contribution in [0.15, 0.2) is 78.9 Å². The molecule has 0 bridgehead atoms. The number of unbranched alkanes of at least 4 members (excludes halogenated alkanes) is 1. The van der Waals surface area contributed by atoms with E-state index in [9.17, 15) is 26.3 Å². The van der Waals surface area contributed by atoms with Gasteiger partial charge in [-0.15, -0.1) is 0 Å². The molecule has 1 fully saturated rings. The fraction of sp³-hybridized carbons (Fsp3) is 0.417. The van der Waals surface area contributed by atoms with E-state index in [4.69, 9.17) is 4.98 Å². The van der Waals surface area contributed by atoms with Crippen LogP contribution in [0.2, 0.25) is 0 Å². The van der Waals surface area contributed by atoms with Gasteiger partial charge in [0.2, 0.25) is 0 Å². The maximum Gasteiger partial charge on any atom is 0.416 e. The van der Waals surface area contributed by atoms with Gasteiger partial charge >= 0.3 is 12.4 Å². The number of hydrogen-bond acceptors (Lipinski definition) is 2. The lowest BCUT2D eigenvalue weighted by atomic mass is 9.88. The lowest BCUT2D eigenvalue weighted by Gasteiger charge is -2.31. The minimum atomic E-state index is -4.89. The molecule has 240 valence electrons. The van der Waals surface area contributed by atoms with Crippen molar-refractivity contribution in [2.75, 3.05) is 6.54 Å². The summed E-state index contributed by atoms with van der Waals surface area (Å²) in [5.41, 5.74) is 0.978. The molecule has 1 aromatic heterocycles. The van der Waals surface area contributed by atoms with Gasteiger partial charge in [-0.25, -0.2) is 4.98 Å². The first kappa shape index (κ1) is 32.8. The van der Waals surface area contributed by atoms with Gasteiger partial charge in [0.25, 0.3) is 0 Å². The van der Waals surface area contributed by atoms with Gasteiger partial charge in [0.05, 0.1) is 22.5 Å². The molecule has 1 saturated carbocycles. The van der Waals surface area contributed by atoms with Crippen LogP contribution in [-0.2, 0) is 32.0 Å². The summed E-state index contributed by atoms with van der Waals surface area (Å²) in [6.45, 7) is 3.66. The molecule has 0 amide bonds. The van der Waals surface area contributed by atoms with Crippen molar-refractivity contribution in [1.82, 2.24) is 14.5 Å². The molecule has 1 aliphatic carbocycles. The zero-order chi connectivity index (χ0) is 32.0. The molecule has 4 aromatic rings. The van der Waals surface area contributed by atoms with Crippen molar-refractivity contribution in [3.63, 3.8) is 0 Å². The Morgan fingerprint density at radius 2 is 1.33 bits per heavy atom. The van der Waals surface area contributed by atoms with Crippen LogP contribution in [0.4, 0.5) is 26.3 Å². The monoisotopic (exact) mass is 627 g/mol. The summed E-state index contributed by atoms with van der Waals surface area (Å²) < 4.78 is 84.9. The van der Waals surface area contributed by atoms with E-state index in [0.29, 0.717) is 25.6 Å². The fourth-order valence-electron chi connectivity index (χ4n) is 6.34. The second kappa shape index (κ2) is 14.2. The van der Waals surface area contributed by atoms with Gasteiger partial charge < -0.3 is 4.57 Å². The summed E-state index contributed by atoms with van der Waals surface area (Å²) >= 11 is 0. The van der Waals surface area contributed by atoms with Crippen molar-refractivity contribution < 1.29 is 26.3 Å². The van der Waals surface area contributed by atoms with E-state index in [2.05, 4.69) is 11.5 Å². The Balaban J connectivity index is 1.62. The number of rotatable bonds is 11. The first-order valence-electron chi connectivity index (χ1n) is 15.7. The smallest absolute Gasteiger partial charge is 0.326 e. The zero-order valence-electron chi connectivity index (χ0n) is 25.5. The van der Waals surface area contributed by atoms with Gasteiger partial charge in [0, 0.05) is 37.3 Å². The normalized spacial score (nSPS) is 14.8. The van der Waals surface area contributed by atoms with Gasteiger partial charge in [0.15, 0.2) is 0 Å². The van der Waals surface area contributed by atoms with Crippen LogP contribution < -0.4 is 0 Å². The lowest BCUT2D eigenvalue weighted by molar-refractivity contribution is -0.143. The molecule has 0 N–H and O–H groups in total. The summed E-state index contributed by atoms with van der Waals surface area (Å²) in [6.07, 6.45) is -2.69. The zero-order valence-corrected chi connectivity index (χ0v) is 25.5. The number of imidazole rings is 1. The SMILES string of the molecule is CCCCn1c(-c2ccccc2)nc(-c2ccccc2)c1CN(Cc1cc(C(F)(F)F)cc(C(F)(F)F)c1)CC1CCCCC1. The van der Waals surface area contributed by atoms with E-state index in [1.54, 1.807) is 0 Å². The van der Waals surface area contributed by atoms with E-state index in [1.807, 2.05) is 65.6 Å². The summed E-state index contributed by atoms with van der Waals surface area (Å²) in [4.78, 5) is 7.18. The van der Waals surface area contributed by atoms with Gasteiger partial charge in [-0.1, -0.05) is 93.3 Å². The number of benzene rings is 3. The summed E-state index contributed by atoms with van der Waals surface area (Å²) in [5, 5.41) is 0. The first-order valence-corrected chi connectivity index (χ1v) is 15.7. The number of aromatic nitrogens is 2. The fourth-order valence-corrected chi connectivity index (χ4v) is 6.34. The minimum absolute atomic E-state index is 0.00266. The van der Waals surface area contributed by atoms with Crippen molar-refractivity contribution in [3.8, 4) is 22.6 Å². The van der Waals surface area contributed by atoms with Gasteiger partial charge in [-0.3, -0.25) is 4.90 Å². The summed E-state index contributed by atoms with van der Waals surface area (Å²) in [5.74, 6) is 1.11. The van der Waals surface area contributed by atoms with Crippen LogP contribution in [0.5, 0.6) is 0 Å². The predicted molar refractivity (Wildman–Crippen MR) is 165 cm³/mol. The number of nitrogens with zero attached hydrogens (tertiary/aromatic N) is 3. The molecular formula is C36H39F6N3. The molecule has 0 aliphatic heterocycles. The van der Waals surface area contributed by atoms with Crippen molar-refractivity contribution in [3.05, 3.63) is 101 Å². The Morgan fingerprint density at radius 1 is 0.756 bits per heavy atom. The maximum atomic E-state index is 13.8. The van der Waals surface area contributed by atoms with Crippen LogP contribution in [0.3, 0.4) is 0 Å². The molecule has 9 heteroatoms. The molecule has 0 radical (unpaired) electrons. The number of hydrogen-bond donors (Lipinski definition) is 0. The highest BCUT2D eigenvalue weighted by atomic mass is 19.4. The molecule has 0 atom stereocenters. The third-order valence-electron chi connectivity index (χ3n) is 8.56. The van der Waals surface area contributed by atoms with Crippen LogP contribution in [-0.4, -0.2) is 21.0 Å². The highest BCUT2D eigenvalue weighted by Gasteiger charge is 2.37. The molecular weight excluding hydrogens is 588 g/mol. The molecule has 0 saturated heterocycles. The molecule has 1 heterocycles. The van der Waals surface area contributed by atoms with Crippen LogP contribution >= 0.6 is 0 Å². The molecule has 1 aliphatic rings. The Hall–Kier alpha value is -3.59. The topological polar surface area (TPSA) is 21.1 Å². The van der Waals surface area contributed by atoms with Crippen molar-refractivity contribution in [2.24, 2.45) is 5.92 Å². The maximum absolute atomic E-state index is 13.8. The average Bonchev–Trinajstić information content (AvgIpc) is 3.38. The predicted octanol–water partition coefficient (Wildman–Crippen LogP) is 10.6. The van der Waals surface area contributed by atoms with Gasteiger partial charge in [-0.2, -0.15) is 26.3 Å². The van der Waals surface area contributed by atoms with E-state index in [-0.39, 0.29) is 18.2 Å². The standard InChI is InChI=1S/C36H39F6N3/c1-2-3-19-45-32(33(28-15-9-5-10-16-28)43-34(45)29-17-11-6-12-18-29)25-44(23-26-13-7-4-8-14-26)24-27-20-30(35(37,38)39)22-31(21-27)36(40,41)42/h5-6,9-12,15-18,20-22,26H,2-4,7-8,13-14,19,23-25H2,1H3. The van der Waals surface area contributed by atoms with E-state index in [0.717, 1.165) is 85.4 Å². The molecule has 0 spiro atoms. The summed E-state index contributed by atoms with van der Waals surface area (Å²) in [7, 11) is 0. The van der Waals surface area contributed by atoms with Gasteiger partial charge in [0.1, 0.15) is 5.82 Å². The largest absolute Gasteiger partial charge is 0.416 e. The molecule has 3 aromatic carbocycles. The minimum Gasteiger partial charge on any atom is -0.326 e. The Labute approximate surface area is 260 Å². The van der Waals surface area contributed by atoms with E-state index < -0.39 is 23.5 Å². The Morgan fingerprint density at radius 3 is 1.89 bits per heavy atom. The molecule has 3 nitrogen and oxygen atoms in total. The second-order valence-electron chi connectivity index (χ2n) is 12.1. The molecule has 5 rings (SSSR count). The van der Waals surface area contributed by atoms with Crippen LogP contribution in [0.25, 0.3) is 22.6 Å². The first-order chi connectivity index (χ1) is 21.5. The molecule has 45 heavy (non-hydrogen) atoms. The Bertz CT molecular complexity index is 1490. The third kappa shape index (κ3) is 8.37. The van der Waals surface area contributed by atoms with Crippen molar-refractivity contribution >= 4 is 0 Å². The second-order valence-corrected chi connectivity index (χ2v) is 12.1. The van der Waals surface area contributed by atoms with E-state index in [1.165, 1.54) is 0 Å². The molecule has 0 unspecified atom stereocenters. The number of halogens is 6. The van der Waals surface area contributed by atoms with Crippen LogP contribution in [0, 0.1) is 5.92 Å². The summed E-state index contributed by atoms with van der Waals surface area (Å²) in [6, 6.07) is 21.6. The van der Waals surface area contributed by atoms with Gasteiger partial charge in [-0.05, 0) is 48.9 Å². The Kier molecular flexibility index (Phi) is 10.4. The van der Waals surface area contributed by atoms with Crippen molar-refractivity contribution in [2.45, 2.75) is 83.9 Å². The quantitative estimate of drug-likeness (QED) is 0.154. The van der Waals surface area contributed by atoms with Crippen LogP contribution in [0.1, 0.15) is 74.3 Å². The highest BCUT2D eigenvalue weighted by Crippen LogP contribution is 2.38. The van der Waals surface area contributed by atoms with E-state index >= 15 is 0 Å². The third-order valence-corrected chi connectivity index (χ3v) is 8.56. The average molecular weight is 628 g/mol. The van der Waals surface area contributed by atoms with Crippen molar-refractivity contribution in [1.29, 1.82) is 0 Å². The highest BCUT2D eigenvalue weighted by molar-refractivity contribution is 5.68. The number of alkyl halides is 6.